The summed E-state index contributed by atoms with van der Waals surface area (Å²) in [6.07, 6.45) is 12.8. The van der Waals surface area contributed by atoms with Crippen molar-refractivity contribution in [2.45, 2.75) is 202 Å². The molecule has 0 saturated carbocycles. The minimum absolute atomic E-state index is 0.00644. The average Bonchev–Trinajstić information content (AvgIpc) is 1.28. The highest BCUT2D eigenvalue weighted by Crippen LogP contribution is 2.44. The smallest absolute Gasteiger partial charge is 0.392 e. The molecule has 17 nitrogen and oxygen atoms in total. The summed E-state index contributed by atoms with van der Waals surface area (Å²) in [4.78, 5) is 43.9. The van der Waals surface area contributed by atoms with E-state index in [1.165, 1.54) is 40.6 Å². The second-order valence-corrected chi connectivity index (χ2v) is 37.6. The Hall–Kier alpha value is -5.90. The summed E-state index contributed by atoms with van der Waals surface area (Å²) < 4.78 is 101. The molecule has 5 N–H and O–H groups in total. The summed E-state index contributed by atoms with van der Waals surface area (Å²) in [6.45, 7) is 27.9. The number of carbonyl (C=O) groups is 2. The molecule has 6 aromatic rings. The number of aliphatic hydroxyl groups is 1. The third-order valence-corrected chi connectivity index (χ3v) is 27.2. The zero-order chi connectivity index (χ0) is 76.7. The molecule has 0 bridgehead atoms. The number of thiazole rings is 1. The van der Waals surface area contributed by atoms with Crippen LogP contribution in [0.4, 0.5) is 24.5 Å². The summed E-state index contributed by atoms with van der Waals surface area (Å²) in [5, 5.41) is 22.2. The van der Waals surface area contributed by atoms with Crippen LogP contribution in [0.3, 0.4) is 0 Å². The molecule has 5 aromatic carbocycles. The SMILES string of the molecule is CCCC[C@@H](CC(NCCCCCCCN1CCN(CCC(CSc2ccccc2)Nc2ccc(S(=O)(=O)NC(=O)c3ccc(N4CCN(CC5=C(c6ccc(Cl)cc6)CCC(C)(C)C5)CC4)cc3)cc2S(=O)(=O)C(F)(F)F)CC1)C(C)(C)C)N1C[C@H](O)C[C@H]1C(=O)N[C@@H](C)c1ccc(-c2scnc2C)cc1. The van der Waals surface area contributed by atoms with E-state index in [-0.39, 0.29) is 40.4 Å². The van der Waals surface area contributed by atoms with Crippen molar-refractivity contribution in [1.29, 1.82) is 0 Å². The molecular weight excluding hydrogens is 1460 g/mol. The van der Waals surface area contributed by atoms with Gasteiger partial charge in [-0.15, -0.1) is 23.1 Å². The van der Waals surface area contributed by atoms with Crippen LogP contribution in [0.2, 0.25) is 5.02 Å². The number of amides is 2. The molecule has 1 aromatic heterocycles. The maximum atomic E-state index is 14.6. The van der Waals surface area contributed by atoms with Gasteiger partial charge in [0, 0.05) is 117 Å². The molecule has 584 valence electrons. The van der Waals surface area contributed by atoms with Crippen LogP contribution in [0, 0.1) is 17.8 Å². The fourth-order valence-corrected chi connectivity index (χ4v) is 19.4. The molecule has 10 rings (SSSR count). The number of hydrogen-bond acceptors (Lipinski definition) is 17. The van der Waals surface area contributed by atoms with E-state index in [0.717, 1.165) is 193 Å². The van der Waals surface area contributed by atoms with Crippen LogP contribution in [0.25, 0.3) is 16.0 Å². The molecule has 0 spiro atoms. The molecule has 4 heterocycles. The maximum Gasteiger partial charge on any atom is 0.501 e. The number of piperazine rings is 2. The lowest BCUT2D eigenvalue weighted by Crippen LogP contribution is -2.52. The number of allylic oxidation sites excluding steroid dienone is 1. The van der Waals surface area contributed by atoms with Crippen molar-refractivity contribution >= 4 is 83.3 Å². The van der Waals surface area contributed by atoms with Crippen LogP contribution >= 0.6 is 34.7 Å². The van der Waals surface area contributed by atoms with E-state index in [4.69, 9.17) is 11.6 Å². The van der Waals surface area contributed by atoms with Gasteiger partial charge in [-0.3, -0.25) is 19.4 Å². The van der Waals surface area contributed by atoms with Gasteiger partial charge in [0.1, 0.15) is 4.90 Å². The Morgan fingerprint density at radius 1 is 0.785 bits per heavy atom. The number of thioether (sulfide) groups is 1. The number of anilines is 2. The highest BCUT2D eigenvalue weighted by molar-refractivity contribution is 7.99. The molecule has 2 unspecified atom stereocenters. The van der Waals surface area contributed by atoms with Gasteiger partial charge in [-0.05, 0) is 185 Å². The van der Waals surface area contributed by atoms with Crippen LogP contribution < -0.4 is 25.6 Å². The minimum Gasteiger partial charge on any atom is -0.392 e. The van der Waals surface area contributed by atoms with Crippen molar-refractivity contribution < 1.29 is 44.7 Å². The van der Waals surface area contributed by atoms with Crippen molar-refractivity contribution in [3.05, 3.63) is 160 Å². The van der Waals surface area contributed by atoms with Crippen molar-refractivity contribution in [1.82, 2.24) is 39.9 Å². The Bertz CT molecular complexity index is 4130. The van der Waals surface area contributed by atoms with Gasteiger partial charge in [0.2, 0.25) is 5.91 Å². The number of carbonyl (C=O) groups excluding carboxylic acids is 2. The summed E-state index contributed by atoms with van der Waals surface area (Å²) in [5.74, 6) is -0.708. The number of hydrogen-bond donors (Lipinski definition) is 5. The Morgan fingerprint density at radius 2 is 1.44 bits per heavy atom. The van der Waals surface area contributed by atoms with Crippen LogP contribution in [-0.4, -0.2) is 185 Å². The molecule has 4 aliphatic rings. The Kier molecular flexibility index (Phi) is 29.6. The number of benzene rings is 5. The number of rotatable bonds is 35. The van der Waals surface area contributed by atoms with Gasteiger partial charge < -0.3 is 35.8 Å². The van der Waals surface area contributed by atoms with Crippen LogP contribution in [-0.2, 0) is 24.7 Å². The number of aliphatic hydroxyl groups excluding tert-OH is 1. The van der Waals surface area contributed by atoms with Gasteiger partial charge >= 0.3 is 5.51 Å². The summed E-state index contributed by atoms with van der Waals surface area (Å²) in [6, 6.07) is 34.1. The first kappa shape index (κ1) is 83.6. The number of sulfonamides is 1. The largest absolute Gasteiger partial charge is 0.501 e. The minimum atomic E-state index is -6.12. The number of alkyl halides is 3. The zero-order valence-electron chi connectivity index (χ0n) is 63.6. The fraction of sp³-hybridized carbons (Fsp3) is 0.549. The number of aryl methyl sites for hydroxylation is 1. The summed E-state index contributed by atoms with van der Waals surface area (Å²) in [7, 11) is -11.0. The second kappa shape index (κ2) is 37.9. The van der Waals surface area contributed by atoms with E-state index >= 15 is 0 Å². The zero-order valence-corrected chi connectivity index (χ0v) is 67.6. The molecule has 3 saturated heterocycles. The first-order valence-electron chi connectivity index (χ1n) is 38.4. The van der Waals surface area contributed by atoms with Gasteiger partial charge in [-0.25, -0.2) is 26.5 Å². The molecule has 25 heteroatoms. The summed E-state index contributed by atoms with van der Waals surface area (Å²) in [5.41, 5.74) is 3.89. The quantitative estimate of drug-likeness (QED) is 0.0186. The van der Waals surface area contributed by atoms with E-state index in [0.29, 0.717) is 42.8 Å². The van der Waals surface area contributed by atoms with Crippen LogP contribution in [0.1, 0.15) is 172 Å². The third-order valence-electron chi connectivity index (χ3n) is 21.9. The van der Waals surface area contributed by atoms with Crippen molar-refractivity contribution in [2.24, 2.45) is 10.8 Å². The Labute approximate surface area is 647 Å². The van der Waals surface area contributed by atoms with Gasteiger partial charge in [0.25, 0.3) is 25.8 Å². The first-order valence-corrected chi connectivity index (χ1v) is 43.6. The molecule has 2 amide bonds. The number of sulfone groups is 1. The molecule has 3 fully saturated rings. The number of aromatic nitrogens is 1. The molecule has 0 radical (unpaired) electrons. The van der Waals surface area contributed by atoms with Gasteiger partial charge in [0.05, 0.1) is 44.9 Å². The lowest BCUT2D eigenvalue weighted by atomic mass is 9.73. The standard InChI is InChI=1S/C82H112ClF3N10O7S4/c1-9-10-19-68(96-55-69(97)51-74(96)79(99)89-58(2)60-22-24-62(25-23-60)77-59(3)88-57-105-77)50-76(80(4,5)6)87-39-17-12-11-13-18-40-92-42-44-93(45-43-92)41-37-66(56-104-70-20-15-14-16-21-70)90-73-35-34-71(52-75(73)106(100,101)82(84,85)86)107(102,103)91-78(98)63-28-32-67(33-29-63)95-48-46-94(47-49-95)54-64-53-81(7,8)38-36-72(64)61-26-30-65(83)31-27-61/h14-16,20-35,52,57-58,66,68-69,74,76,87,90,97H,9-13,17-19,36-51,53-56H2,1-8H3,(H,89,99)(H,91,98)/t58-,66?,68-,69+,74-,76?/m0/s1. The highest BCUT2D eigenvalue weighted by Gasteiger charge is 2.49. The Morgan fingerprint density at radius 3 is 2.09 bits per heavy atom. The van der Waals surface area contributed by atoms with Crippen LogP contribution in [0.15, 0.2) is 147 Å². The number of likely N-dealkylation sites (tertiary alicyclic amines) is 1. The number of β-amino-alcohol motifs (C(OH)–C–C–N with tert-alkyl or cyclic N) is 1. The maximum absolute atomic E-state index is 14.6. The monoisotopic (exact) mass is 1570 g/mol. The average molecular weight is 1570 g/mol. The predicted octanol–water partition coefficient (Wildman–Crippen LogP) is 15.8. The van der Waals surface area contributed by atoms with Crippen LogP contribution in [0.5, 0.6) is 0 Å². The van der Waals surface area contributed by atoms with E-state index in [9.17, 15) is 44.7 Å². The van der Waals surface area contributed by atoms with Gasteiger partial charge in [-0.1, -0.05) is 145 Å². The molecule has 1 aliphatic carbocycles. The van der Waals surface area contributed by atoms with E-state index < -0.39 is 64.9 Å². The first-order chi connectivity index (χ1) is 50.9. The number of unbranched alkanes of at least 4 members (excludes halogenated alkanes) is 5. The van der Waals surface area contributed by atoms with Crippen molar-refractivity contribution in [2.75, 3.05) is 101 Å². The number of nitrogens with zero attached hydrogens (tertiary/aromatic N) is 6. The fourth-order valence-electron chi connectivity index (χ4n) is 15.4. The number of nitrogens with one attached hydrogen (secondary N) is 4. The topological polar surface area (TPSA) is 200 Å². The molecule has 6 atom stereocenters. The van der Waals surface area contributed by atoms with E-state index in [1.54, 1.807) is 23.5 Å². The molecular formula is C82H112ClF3N10O7S4. The highest BCUT2D eigenvalue weighted by atomic mass is 35.5. The van der Waals surface area contributed by atoms with Crippen molar-refractivity contribution in [3.63, 3.8) is 0 Å². The normalized spacial score (nSPS) is 19.4. The third kappa shape index (κ3) is 23.4. The van der Waals surface area contributed by atoms with E-state index in [1.807, 2.05) is 66.5 Å². The summed E-state index contributed by atoms with van der Waals surface area (Å²) >= 11 is 9.33. The lowest BCUT2D eigenvalue weighted by molar-refractivity contribution is -0.127. The van der Waals surface area contributed by atoms with Gasteiger partial charge in [-0.2, -0.15) is 13.2 Å². The number of halogens is 4. The van der Waals surface area contributed by atoms with E-state index in [2.05, 4.69) is 123 Å². The predicted molar refractivity (Wildman–Crippen MR) is 430 cm³/mol. The van der Waals surface area contributed by atoms with Crippen molar-refractivity contribution in [3.8, 4) is 10.4 Å². The molecule has 3 aliphatic heterocycles. The molecule has 107 heavy (non-hydrogen) atoms. The lowest BCUT2D eigenvalue weighted by Gasteiger charge is -2.39. The second-order valence-electron chi connectivity index (χ2n) is 31.6. The Balaban J connectivity index is 0.676. The van der Waals surface area contributed by atoms with Gasteiger partial charge in [0.15, 0.2) is 0 Å².